The highest BCUT2D eigenvalue weighted by atomic mass is 16.3. The van der Waals surface area contributed by atoms with Gasteiger partial charge in [-0.1, -0.05) is 0 Å². The van der Waals surface area contributed by atoms with Crippen molar-refractivity contribution in [3.8, 4) is 0 Å². The molecule has 0 aliphatic heterocycles. The van der Waals surface area contributed by atoms with Gasteiger partial charge in [0.1, 0.15) is 5.76 Å². The molecule has 1 aromatic heterocycles. The third-order valence-electron chi connectivity index (χ3n) is 3.62. The summed E-state index contributed by atoms with van der Waals surface area (Å²) in [6, 6.07) is 4.24. The molecule has 1 heterocycles. The molecule has 1 N–H and O–H groups in total. The molecule has 2 aliphatic carbocycles. The normalized spacial score (nSPS) is 18.9. The lowest BCUT2D eigenvalue weighted by Crippen LogP contribution is -2.39. The van der Waals surface area contributed by atoms with Crippen LogP contribution in [0.4, 0.5) is 0 Å². The van der Waals surface area contributed by atoms with Crippen LogP contribution >= 0.6 is 0 Å². The van der Waals surface area contributed by atoms with E-state index < -0.39 is 0 Å². The quantitative estimate of drug-likeness (QED) is 0.800. The van der Waals surface area contributed by atoms with Gasteiger partial charge in [-0.25, -0.2) is 0 Å². The summed E-state index contributed by atoms with van der Waals surface area (Å²) in [5.41, 5.74) is 0. The Morgan fingerprint density at radius 3 is 2.83 bits per heavy atom. The molecule has 2 fully saturated rings. The second-order valence-corrected chi connectivity index (χ2v) is 5.41. The molecule has 1 amide bonds. The predicted octanol–water partition coefficient (Wildman–Crippen LogP) is 1.77. The van der Waals surface area contributed by atoms with Crippen molar-refractivity contribution in [3.05, 3.63) is 24.2 Å². The first-order valence-electron chi connectivity index (χ1n) is 6.85. The number of hydrogen-bond acceptors (Lipinski definition) is 3. The molecule has 0 spiro atoms. The van der Waals surface area contributed by atoms with Crippen molar-refractivity contribution in [2.45, 2.75) is 38.3 Å². The number of rotatable bonds is 7. The van der Waals surface area contributed by atoms with Gasteiger partial charge in [0, 0.05) is 6.04 Å². The number of hydrogen-bond donors (Lipinski definition) is 1. The van der Waals surface area contributed by atoms with Gasteiger partial charge in [-0.15, -0.1) is 0 Å². The number of carbonyl (C=O) groups is 1. The molecule has 2 saturated carbocycles. The fourth-order valence-corrected chi connectivity index (χ4v) is 2.18. The van der Waals surface area contributed by atoms with E-state index in [1.54, 1.807) is 6.26 Å². The van der Waals surface area contributed by atoms with Crippen LogP contribution < -0.4 is 5.32 Å². The zero-order chi connectivity index (χ0) is 12.4. The molecule has 2 aliphatic rings. The van der Waals surface area contributed by atoms with Crippen molar-refractivity contribution >= 4 is 5.91 Å². The fourth-order valence-electron chi connectivity index (χ4n) is 2.18. The van der Waals surface area contributed by atoms with Crippen LogP contribution in [0.25, 0.3) is 0 Å². The maximum atomic E-state index is 12.2. The van der Waals surface area contributed by atoms with E-state index in [4.69, 9.17) is 4.42 Å². The number of carbonyl (C=O) groups excluding carboxylic acids is 1. The van der Waals surface area contributed by atoms with Gasteiger partial charge in [-0.05, 0) is 50.3 Å². The molecular weight excluding hydrogens is 228 g/mol. The Kier molecular flexibility index (Phi) is 3.37. The lowest BCUT2D eigenvalue weighted by Gasteiger charge is -2.21. The summed E-state index contributed by atoms with van der Waals surface area (Å²) in [6.07, 6.45) is 6.57. The van der Waals surface area contributed by atoms with Gasteiger partial charge >= 0.3 is 0 Å². The average Bonchev–Trinajstić information content (AvgIpc) is 3.28. The number of furan rings is 1. The van der Waals surface area contributed by atoms with Gasteiger partial charge in [-0.2, -0.15) is 0 Å². The summed E-state index contributed by atoms with van der Waals surface area (Å²) in [5.74, 6) is 1.89. The minimum atomic E-state index is 0.203. The van der Waals surface area contributed by atoms with Crippen molar-refractivity contribution < 1.29 is 9.21 Å². The van der Waals surface area contributed by atoms with Crippen LogP contribution in [0.1, 0.15) is 31.4 Å². The highest BCUT2D eigenvalue weighted by Crippen LogP contribution is 2.29. The Morgan fingerprint density at radius 2 is 2.22 bits per heavy atom. The second kappa shape index (κ2) is 5.14. The summed E-state index contributed by atoms with van der Waals surface area (Å²) >= 11 is 0. The molecule has 1 aromatic rings. The van der Waals surface area contributed by atoms with E-state index in [0.717, 1.165) is 31.1 Å². The summed E-state index contributed by atoms with van der Waals surface area (Å²) in [7, 11) is 0. The topological polar surface area (TPSA) is 45.5 Å². The monoisotopic (exact) mass is 248 g/mol. The third-order valence-corrected chi connectivity index (χ3v) is 3.62. The maximum Gasteiger partial charge on any atom is 0.237 e. The highest BCUT2D eigenvalue weighted by molar-refractivity contribution is 5.78. The van der Waals surface area contributed by atoms with Crippen molar-refractivity contribution in [1.29, 1.82) is 0 Å². The number of amides is 1. The fraction of sp³-hybridized carbons (Fsp3) is 0.643. The lowest BCUT2D eigenvalue weighted by molar-refractivity contribution is -0.131. The van der Waals surface area contributed by atoms with Gasteiger partial charge in [0.2, 0.25) is 5.91 Å². The first-order chi connectivity index (χ1) is 8.83. The van der Waals surface area contributed by atoms with E-state index in [9.17, 15) is 4.79 Å². The SMILES string of the molecule is O=C(CNCC1CC1)N(Cc1ccco1)C1CC1. The Bertz CT molecular complexity index is 394. The molecular formula is C14H20N2O2. The summed E-state index contributed by atoms with van der Waals surface area (Å²) in [6.45, 7) is 2.07. The molecule has 0 atom stereocenters. The first-order valence-corrected chi connectivity index (χ1v) is 6.85. The Hall–Kier alpha value is -1.29. The zero-order valence-corrected chi connectivity index (χ0v) is 10.6. The highest BCUT2D eigenvalue weighted by Gasteiger charge is 2.33. The van der Waals surface area contributed by atoms with E-state index in [1.165, 1.54) is 12.8 Å². The molecule has 0 saturated heterocycles. The number of nitrogens with one attached hydrogen (secondary N) is 1. The van der Waals surface area contributed by atoms with Gasteiger partial charge < -0.3 is 14.6 Å². The Morgan fingerprint density at radius 1 is 1.39 bits per heavy atom. The Labute approximate surface area is 107 Å². The minimum Gasteiger partial charge on any atom is -0.467 e. The van der Waals surface area contributed by atoms with Gasteiger partial charge in [0.25, 0.3) is 0 Å². The molecule has 4 nitrogen and oxygen atoms in total. The van der Waals surface area contributed by atoms with E-state index >= 15 is 0 Å². The standard InChI is InChI=1S/C14H20N2O2/c17-14(9-15-8-11-3-4-11)16(12-5-6-12)10-13-2-1-7-18-13/h1-2,7,11-12,15H,3-6,8-10H2. The predicted molar refractivity (Wildman–Crippen MR) is 67.9 cm³/mol. The zero-order valence-electron chi connectivity index (χ0n) is 10.6. The first kappa shape index (κ1) is 11.8. The summed E-state index contributed by atoms with van der Waals surface area (Å²) < 4.78 is 5.33. The minimum absolute atomic E-state index is 0.203. The molecule has 98 valence electrons. The van der Waals surface area contributed by atoms with Crippen LogP contribution in [0, 0.1) is 5.92 Å². The van der Waals surface area contributed by atoms with E-state index in [-0.39, 0.29) is 5.91 Å². The van der Waals surface area contributed by atoms with E-state index in [2.05, 4.69) is 5.32 Å². The maximum absolute atomic E-state index is 12.2. The molecule has 3 rings (SSSR count). The van der Waals surface area contributed by atoms with Crippen LogP contribution in [-0.2, 0) is 11.3 Å². The van der Waals surface area contributed by atoms with Crippen molar-refractivity contribution in [1.82, 2.24) is 10.2 Å². The van der Waals surface area contributed by atoms with Crippen molar-refractivity contribution in [3.63, 3.8) is 0 Å². The van der Waals surface area contributed by atoms with Crippen LogP contribution in [0.5, 0.6) is 0 Å². The molecule has 0 unspecified atom stereocenters. The Balaban J connectivity index is 1.49. The molecule has 0 radical (unpaired) electrons. The third kappa shape index (κ3) is 3.13. The average molecular weight is 248 g/mol. The van der Waals surface area contributed by atoms with Crippen LogP contribution in [-0.4, -0.2) is 29.9 Å². The molecule has 0 bridgehead atoms. The number of nitrogens with zero attached hydrogens (tertiary/aromatic N) is 1. The summed E-state index contributed by atoms with van der Waals surface area (Å²) in [5, 5.41) is 3.27. The van der Waals surface area contributed by atoms with Gasteiger partial charge in [0.05, 0.1) is 19.4 Å². The molecule has 4 heteroatoms. The van der Waals surface area contributed by atoms with E-state index in [1.807, 2.05) is 17.0 Å². The lowest BCUT2D eigenvalue weighted by atomic mass is 10.3. The van der Waals surface area contributed by atoms with Gasteiger partial charge in [0.15, 0.2) is 0 Å². The smallest absolute Gasteiger partial charge is 0.237 e. The van der Waals surface area contributed by atoms with Gasteiger partial charge in [-0.3, -0.25) is 4.79 Å². The summed E-state index contributed by atoms with van der Waals surface area (Å²) in [4.78, 5) is 14.1. The van der Waals surface area contributed by atoms with Crippen molar-refractivity contribution in [2.75, 3.05) is 13.1 Å². The van der Waals surface area contributed by atoms with Crippen LogP contribution in [0.3, 0.4) is 0 Å². The second-order valence-electron chi connectivity index (χ2n) is 5.41. The van der Waals surface area contributed by atoms with Crippen LogP contribution in [0.2, 0.25) is 0 Å². The molecule has 18 heavy (non-hydrogen) atoms. The van der Waals surface area contributed by atoms with Crippen molar-refractivity contribution in [2.24, 2.45) is 5.92 Å². The van der Waals surface area contributed by atoms with E-state index in [0.29, 0.717) is 19.1 Å². The largest absolute Gasteiger partial charge is 0.467 e. The van der Waals surface area contributed by atoms with Crippen LogP contribution in [0.15, 0.2) is 22.8 Å². The molecule has 0 aromatic carbocycles.